The van der Waals surface area contributed by atoms with Gasteiger partial charge in [-0.15, -0.1) is 0 Å². The van der Waals surface area contributed by atoms with Crippen LogP contribution in [0.2, 0.25) is 0 Å². The second kappa shape index (κ2) is 9.87. The summed E-state index contributed by atoms with van der Waals surface area (Å²) in [5.41, 5.74) is 2.43. The maximum Gasteiger partial charge on any atom is 0.256 e. The number of H-pyrrole nitrogens is 1. The molecule has 0 unspecified atom stereocenters. The maximum absolute atomic E-state index is 13.1. The van der Waals surface area contributed by atoms with Crippen LogP contribution in [-0.2, 0) is 11.3 Å². The van der Waals surface area contributed by atoms with E-state index in [2.05, 4.69) is 40.5 Å². The first-order valence-electron chi connectivity index (χ1n) is 12.3. The molecule has 37 heavy (non-hydrogen) atoms. The Labute approximate surface area is 212 Å². The molecule has 0 aromatic carbocycles. The summed E-state index contributed by atoms with van der Waals surface area (Å²) in [5.74, 6) is 1.76. The third kappa shape index (κ3) is 4.77. The van der Waals surface area contributed by atoms with Gasteiger partial charge in [0.1, 0.15) is 17.3 Å². The van der Waals surface area contributed by atoms with Crippen molar-refractivity contribution in [2.24, 2.45) is 5.92 Å². The van der Waals surface area contributed by atoms with Crippen LogP contribution in [0.5, 0.6) is 0 Å². The monoisotopic (exact) mass is 512 g/mol. The van der Waals surface area contributed by atoms with Crippen molar-refractivity contribution in [2.75, 3.05) is 31.8 Å². The smallest absolute Gasteiger partial charge is 0.256 e. The zero-order valence-corrected chi connectivity index (χ0v) is 21.2. The standard InChI is InChI=1S/C24H30F2N10O/c1-12-30-21-22(36(12)11-17(25)26)32-16(10-29-21)15-9-28-20-18(15)19(27-2)33-24(34-20)31-14-7-5-13(6-8-14)23(37)35(3)4/h9-10,13-14,17H,5-8,11H2,1-4H3,(H3,27,28,31,33,34). The number of aryl methyl sites for hydroxylation is 1. The zero-order chi connectivity index (χ0) is 26.3. The van der Waals surface area contributed by atoms with Crippen molar-refractivity contribution in [3.63, 3.8) is 0 Å². The highest BCUT2D eigenvalue weighted by atomic mass is 19.3. The Morgan fingerprint density at radius 1 is 1.19 bits per heavy atom. The summed E-state index contributed by atoms with van der Waals surface area (Å²) in [7, 11) is 5.36. The van der Waals surface area contributed by atoms with Crippen molar-refractivity contribution in [1.82, 2.24) is 39.4 Å². The lowest BCUT2D eigenvalue weighted by Gasteiger charge is -2.29. The van der Waals surface area contributed by atoms with Gasteiger partial charge in [-0.2, -0.15) is 9.97 Å². The van der Waals surface area contributed by atoms with Crippen molar-refractivity contribution < 1.29 is 13.6 Å². The van der Waals surface area contributed by atoms with E-state index in [0.717, 1.165) is 31.1 Å². The van der Waals surface area contributed by atoms with Crippen molar-refractivity contribution in [3.8, 4) is 11.3 Å². The number of anilines is 2. The van der Waals surface area contributed by atoms with Gasteiger partial charge in [0.15, 0.2) is 11.3 Å². The molecule has 11 nitrogen and oxygen atoms in total. The van der Waals surface area contributed by atoms with Crippen LogP contribution in [0.1, 0.15) is 31.5 Å². The molecule has 4 heterocycles. The number of rotatable bonds is 7. The van der Waals surface area contributed by atoms with Crippen LogP contribution in [0.15, 0.2) is 12.4 Å². The SMILES string of the molecule is CNc1nc(NC2CCC(C(=O)N(C)C)CC2)nc2[nH]cc(-c3cnc4nc(C)n(CC(F)F)c4n3)c12. The summed E-state index contributed by atoms with van der Waals surface area (Å²) in [6.45, 7) is 1.16. The van der Waals surface area contributed by atoms with E-state index >= 15 is 0 Å². The number of alkyl halides is 2. The largest absolute Gasteiger partial charge is 0.372 e. The zero-order valence-electron chi connectivity index (χ0n) is 21.2. The number of nitrogens with zero attached hydrogens (tertiary/aromatic N) is 7. The summed E-state index contributed by atoms with van der Waals surface area (Å²) in [5, 5.41) is 7.27. The number of aromatic nitrogens is 7. The molecular formula is C24H30F2N10O. The average molecular weight is 513 g/mol. The molecule has 4 aromatic heterocycles. The van der Waals surface area contributed by atoms with Crippen molar-refractivity contribution in [3.05, 3.63) is 18.2 Å². The van der Waals surface area contributed by atoms with Crippen LogP contribution in [0.3, 0.4) is 0 Å². The summed E-state index contributed by atoms with van der Waals surface area (Å²) >= 11 is 0. The van der Waals surface area contributed by atoms with E-state index in [1.54, 1.807) is 45.4 Å². The third-order valence-electron chi connectivity index (χ3n) is 6.86. The molecule has 1 fully saturated rings. The summed E-state index contributed by atoms with van der Waals surface area (Å²) in [6.07, 6.45) is 4.17. The molecule has 0 bridgehead atoms. The highest BCUT2D eigenvalue weighted by molar-refractivity contribution is 6.01. The Hall–Kier alpha value is -3.90. The molecule has 13 heteroatoms. The minimum Gasteiger partial charge on any atom is -0.372 e. The van der Waals surface area contributed by atoms with Crippen LogP contribution >= 0.6 is 0 Å². The number of fused-ring (bicyclic) bond motifs is 2. The quantitative estimate of drug-likeness (QED) is 0.343. The van der Waals surface area contributed by atoms with Gasteiger partial charge in [-0.25, -0.2) is 23.7 Å². The number of carbonyl (C=O) groups is 1. The Kier molecular flexibility index (Phi) is 6.61. The highest BCUT2D eigenvalue weighted by Gasteiger charge is 2.28. The van der Waals surface area contributed by atoms with Crippen molar-refractivity contribution >= 4 is 40.0 Å². The van der Waals surface area contributed by atoms with E-state index in [4.69, 9.17) is 0 Å². The minimum atomic E-state index is -2.53. The average Bonchev–Trinajstić information content (AvgIpc) is 3.43. The number of aromatic amines is 1. The second-order valence-corrected chi connectivity index (χ2v) is 9.56. The van der Waals surface area contributed by atoms with Gasteiger partial charge >= 0.3 is 0 Å². The van der Waals surface area contributed by atoms with E-state index in [1.807, 2.05) is 0 Å². The Morgan fingerprint density at radius 2 is 1.95 bits per heavy atom. The fourth-order valence-electron chi connectivity index (χ4n) is 5.00. The van der Waals surface area contributed by atoms with Crippen LogP contribution in [0, 0.1) is 12.8 Å². The van der Waals surface area contributed by atoms with Crippen molar-refractivity contribution in [2.45, 2.75) is 51.6 Å². The number of halogens is 2. The Balaban J connectivity index is 1.42. The normalized spacial score (nSPS) is 18.0. The molecule has 0 atom stereocenters. The number of amides is 1. The van der Waals surface area contributed by atoms with Gasteiger partial charge in [-0.3, -0.25) is 4.79 Å². The first-order chi connectivity index (χ1) is 17.7. The Bertz CT molecular complexity index is 1440. The molecule has 1 amide bonds. The van der Waals surface area contributed by atoms with E-state index in [1.165, 1.54) is 4.57 Å². The lowest BCUT2D eigenvalue weighted by molar-refractivity contribution is -0.133. The number of hydrogen-bond donors (Lipinski definition) is 3. The third-order valence-corrected chi connectivity index (χ3v) is 6.86. The molecule has 0 spiro atoms. The number of nitrogens with one attached hydrogen (secondary N) is 3. The van der Waals surface area contributed by atoms with Crippen LogP contribution in [0.4, 0.5) is 20.5 Å². The molecule has 4 aromatic rings. The van der Waals surface area contributed by atoms with Crippen LogP contribution in [0.25, 0.3) is 33.6 Å². The van der Waals surface area contributed by atoms with E-state index in [-0.39, 0.29) is 17.9 Å². The van der Waals surface area contributed by atoms with Gasteiger partial charge in [0.05, 0.1) is 23.8 Å². The molecule has 0 radical (unpaired) electrons. The molecule has 5 rings (SSSR count). The fraction of sp³-hybridized carbons (Fsp3) is 0.500. The van der Waals surface area contributed by atoms with Crippen molar-refractivity contribution in [1.29, 1.82) is 0 Å². The first-order valence-corrected chi connectivity index (χ1v) is 12.3. The maximum atomic E-state index is 13.1. The molecular weight excluding hydrogens is 482 g/mol. The molecule has 0 saturated heterocycles. The van der Waals surface area contributed by atoms with E-state index in [9.17, 15) is 13.6 Å². The van der Waals surface area contributed by atoms with Crippen LogP contribution in [-0.4, -0.2) is 78.9 Å². The predicted molar refractivity (Wildman–Crippen MR) is 137 cm³/mol. The number of imidazole rings is 1. The second-order valence-electron chi connectivity index (χ2n) is 9.56. The molecule has 1 saturated carbocycles. The molecule has 196 valence electrons. The van der Waals surface area contributed by atoms with E-state index in [0.29, 0.717) is 45.8 Å². The summed E-state index contributed by atoms with van der Waals surface area (Å²) < 4.78 is 27.6. The molecule has 1 aliphatic rings. The summed E-state index contributed by atoms with van der Waals surface area (Å²) in [4.78, 5) is 39.7. The van der Waals surface area contributed by atoms with Gasteiger partial charge in [0.25, 0.3) is 6.43 Å². The molecule has 1 aliphatic carbocycles. The van der Waals surface area contributed by atoms with Gasteiger partial charge in [-0.05, 0) is 32.6 Å². The Morgan fingerprint density at radius 3 is 2.62 bits per heavy atom. The lowest BCUT2D eigenvalue weighted by Crippen LogP contribution is -2.35. The molecule has 0 aliphatic heterocycles. The van der Waals surface area contributed by atoms with Gasteiger partial charge in [-0.1, -0.05) is 0 Å². The number of carbonyl (C=O) groups excluding carboxylic acids is 1. The minimum absolute atomic E-state index is 0.0644. The lowest BCUT2D eigenvalue weighted by atomic mass is 9.85. The van der Waals surface area contributed by atoms with Gasteiger partial charge in [0.2, 0.25) is 11.9 Å². The fourth-order valence-corrected chi connectivity index (χ4v) is 5.00. The first kappa shape index (κ1) is 24.8. The van der Waals surface area contributed by atoms with Crippen LogP contribution < -0.4 is 10.6 Å². The summed E-state index contributed by atoms with van der Waals surface area (Å²) in [6, 6.07) is 0.175. The van der Waals surface area contributed by atoms with E-state index < -0.39 is 13.0 Å². The topological polar surface area (TPSA) is 130 Å². The van der Waals surface area contributed by atoms with Gasteiger partial charge < -0.3 is 25.1 Å². The highest BCUT2D eigenvalue weighted by Crippen LogP contribution is 2.33. The predicted octanol–water partition coefficient (Wildman–Crippen LogP) is 3.44. The molecule has 3 N–H and O–H groups in total. The number of hydrogen-bond acceptors (Lipinski definition) is 8. The van der Waals surface area contributed by atoms with Gasteiger partial charge in [0, 0.05) is 44.9 Å².